The van der Waals surface area contributed by atoms with E-state index in [9.17, 15) is 4.79 Å². The first-order valence-corrected chi connectivity index (χ1v) is 4.38. The van der Waals surface area contributed by atoms with Crippen molar-refractivity contribution in [3.8, 4) is 12.3 Å². The number of aliphatic carboxylic acids is 1. The molecule has 14 heavy (non-hydrogen) atoms. The Bertz CT molecular complexity index is 230. The summed E-state index contributed by atoms with van der Waals surface area (Å²) < 4.78 is 5.14. The second-order valence-electron chi connectivity index (χ2n) is 3.64. The van der Waals surface area contributed by atoms with Gasteiger partial charge in [0.15, 0.2) is 0 Å². The van der Waals surface area contributed by atoms with Crippen molar-refractivity contribution in [3.05, 3.63) is 0 Å². The molecule has 0 rings (SSSR count). The molecule has 1 atom stereocenters. The second-order valence-corrected chi connectivity index (χ2v) is 3.64. The van der Waals surface area contributed by atoms with Gasteiger partial charge in [0.05, 0.1) is 12.1 Å². The highest BCUT2D eigenvalue weighted by molar-refractivity contribution is 5.73. The molecular weight excluding hydrogens is 182 g/mol. The standard InChI is InChI=1S/C10H17NO3/c1-5-6-11-8(9(12)13)7-10(2,3)14-4/h1,8,11H,6-7H2,2-4H3,(H,12,13). The molecule has 4 heteroatoms. The molecule has 0 saturated heterocycles. The molecule has 0 aliphatic carbocycles. The number of hydrogen-bond acceptors (Lipinski definition) is 3. The van der Waals surface area contributed by atoms with Crippen LogP contribution >= 0.6 is 0 Å². The van der Waals surface area contributed by atoms with Gasteiger partial charge in [-0.1, -0.05) is 5.92 Å². The smallest absolute Gasteiger partial charge is 0.320 e. The van der Waals surface area contributed by atoms with E-state index in [-0.39, 0.29) is 6.54 Å². The van der Waals surface area contributed by atoms with Gasteiger partial charge in [-0.15, -0.1) is 6.42 Å². The summed E-state index contributed by atoms with van der Waals surface area (Å²) in [4.78, 5) is 10.8. The lowest BCUT2D eigenvalue weighted by Crippen LogP contribution is -2.43. The summed E-state index contributed by atoms with van der Waals surface area (Å²) in [6.45, 7) is 3.91. The fourth-order valence-electron chi connectivity index (χ4n) is 1.00. The topological polar surface area (TPSA) is 58.6 Å². The molecule has 0 aliphatic heterocycles. The molecule has 4 nitrogen and oxygen atoms in total. The average molecular weight is 199 g/mol. The minimum absolute atomic E-state index is 0.247. The lowest BCUT2D eigenvalue weighted by molar-refractivity contribution is -0.141. The Morgan fingerprint density at radius 1 is 1.71 bits per heavy atom. The van der Waals surface area contributed by atoms with E-state index >= 15 is 0 Å². The number of hydrogen-bond donors (Lipinski definition) is 2. The van der Waals surface area contributed by atoms with Crippen molar-refractivity contribution in [3.63, 3.8) is 0 Å². The summed E-state index contributed by atoms with van der Waals surface area (Å²) >= 11 is 0. The first-order chi connectivity index (χ1) is 6.43. The van der Waals surface area contributed by atoms with Crippen LogP contribution in [0.25, 0.3) is 0 Å². The van der Waals surface area contributed by atoms with E-state index in [1.165, 1.54) is 0 Å². The third-order valence-corrected chi connectivity index (χ3v) is 2.00. The monoisotopic (exact) mass is 199 g/mol. The maximum absolute atomic E-state index is 10.8. The summed E-state index contributed by atoms with van der Waals surface area (Å²) in [6, 6.07) is -0.666. The molecule has 0 aromatic carbocycles. The molecular formula is C10H17NO3. The lowest BCUT2D eigenvalue weighted by atomic mass is 9.99. The second kappa shape index (κ2) is 5.63. The molecule has 0 radical (unpaired) electrons. The molecule has 0 fully saturated rings. The number of carboxylic acid groups (broad SMARTS) is 1. The van der Waals surface area contributed by atoms with E-state index < -0.39 is 17.6 Å². The van der Waals surface area contributed by atoms with Crippen LogP contribution < -0.4 is 5.32 Å². The Labute approximate surface area is 84.6 Å². The first-order valence-electron chi connectivity index (χ1n) is 4.38. The molecule has 0 spiro atoms. The highest BCUT2D eigenvalue weighted by Gasteiger charge is 2.26. The zero-order valence-electron chi connectivity index (χ0n) is 8.83. The van der Waals surface area contributed by atoms with Crippen LogP contribution in [-0.4, -0.2) is 36.4 Å². The van der Waals surface area contributed by atoms with Crippen molar-refractivity contribution >= 4 is 5.97 Å². The summed E-state index contributed by atoms with van der Waals surface area (Å²) in [7, 11) is 1.56. The molecule has 80 valence electrons. The van der Waals surface area contributed by atoms with Crippen LogP contribution in [0.4, 0.5) is 0 Å². The quantitative estimate of drug-likeness (QED) is 0.611. The maximum Gasteiger partial charge on any atom is 0.320 e. The van der Waals surface area contributed by atoms with E-state index in [2.05, 4.69) is 11.2 Å². The Hall–Kier alpha value is -1.05. The van der Waals surface area contributed by atoms with Crippen LogP contribution in [0.1, 0.15) is 20.3 Å². The molecule has 0 aromatic heterocycles. The number of rotatable bonds is 6. The van der Waals surface area contributed by atoms with E-state index in [1.54, 1.807) is 7.11 Å². The predicted octanol–water partition coefficient (Wildman–Crippen LogP) is 0.478. The predicted molar refractivity (Wildman–Crippen MR) is 54.0 cm³/mol. The normalized spacial score (nSPS) is 13.3. The van der Waals surface area contributed by atoms with Crippen LogP contribution in [0, 0.1) is 12.3 Å². The lowest BCUT2D eigenvalue weighted by Gasteiger charge is -2.26. The van der Waals surface area contributed by atoms with Crippen molar-refractivity contribution in [2.45, 2.75) is 31.9 Å². The molecule has 0 bridgehead atoms. The van der Waals surface area contributed by atoms with Crippen LogP contribution in [0.2, 0.25) is 0 Å². The van der Waals surface area contributed by atoms with Gasteiger partial charge < -0.3 is 9.84 Å². The Balaban J connectivity index is 4.24. The molecule has 0 heterocycles. The third-order valence-electron chi connectivity index (χ3n) is 2.00. The fraction of sp³-hybridized carbons (Fsp3) is 0.700. The Morgan fingerprint density at radius 3 is 2.64 bits per heavy atom. The van der Waals surface area contributed by atoms with E-state index in [1.807, 2.05) is 13.8 Å². The highest BCUT2D eigenvalue weighted by Crippen LogP contribution is 2.15. The average Bonchev–Trinajstić information content (AvgIpc) is 2.12. The fourth-order valence-corrected chi connectivity index (χ4v) is 1.00. The molecule has 1 unspecified atom stereocenters. The summed E-state index contributed by atoms with van der Waals surface area (Å²) in [5.74, 6) is 1.43. The minimum Gasteiger partial charge on any atom is -0.480 e. The van der Waals surface area contributed by atoms with E-state index in [0.717, 1.165) is 0 Å². The number of ether oxygens (including phenoxy) is 1. The zero-order valence-corrected chi connectivity index (χ0v) is 8.83. The van der Waals surface area contributed by atoms with Gasteiger partial charge in [-0.3, -0.25) is 10.1 Å². The van der Waals surface area contributed by atoms with E-state index in [4.69, 9.17) is 16.3 Å². The van der Waals surface area contributed by atoms with Gasteiger partial charge in [-0.25, -0.2) is 0 Å². The van der Waals surface area contributed by atoms with Gasteiger partial charge in [0.2, 0.25) is 0 Å². The van der Waals surface area contributed by atoms with Gasteiger partial charge in [0, 0.05) is 13.5 Å². The third kappa shape index (κ3) is 4.85. The zero-order chi connectivity index (χ0) is 11.2. The van der Waals surface area contributed by atoms with Crippen molar-refractivity contribution in [1.29, 1.82) is 0 Å². The Kier molecular flexibility index (Phi) is 5.21. The number of nitrogens with one attached hydrogen (secondary N) is 1. The molecule has 0 saturated carbocycles. The van der Waals surface area contributed by atoms with Crippen molar-refractivity contribution < 1.29 is 14.6 Å². The van der Waals surface area contributed by atoms with Gasteiger partial charge in [-0.05, 0) is 13.8 Å². The van der Waals surface area contributed by atoms with Crippen molar-refractivity contribution in [1.82, 2.24) is 5.32 Å². The molecule has 2 N–H and O–H groups in total. The largest absolute Gasteiger partial charge is 0.480 e. The van der Waals surface area contributed by atoms with Crippen molar-refractivity contribution in [2.75, 3.05) is 13.7 Å². The number of carbonyl (C=O) groups is 1. The summed E-state index contributed by atoms with van der Waals surface area (Å²) in [6.07, 6.45) is 5.41. The molecule has 0 aliphatic rings. The van der Waals surface area contributed by atoms with Crippen LogP contribution in [0.5, 0.6) is 0 Å². The molecule has 0 amide bonds. The highest BCUT2D eigenvalue weighted by atomic mass is 16.5. The minimum atomic E-state index is -0.912. The van der Waals surface area contributed by atoms with E-state index in [0.29, 0.717) is 6.42 Å². The van der Waals surface area contributed by atoms with Crippen LogP contribution in [0.15, 0.2) is 0 Å². The number of terminal acetylenes is 1. The number of carboxylic acids is 1. The van der Waals surface area contributed by atoms with Crippen molar-refractivity contribution in [2.24, 2.45) is 0 Å². The first kappa shape index (κ1) is 12.9. The summed E-state index contributed by atoms with van der Waals surface area (Å²) in [5.41, 5.74) is -0.468. The van der Waals surface area contributed by atoms with Gasteiger partial charge in [0.25, 0.3) is 0 Å². The van der Waals surface area contributed by atoms with Crippen LogP contribution in [-0.2, 0) is 9.53 Å². The van der Waals surface area contributed by atoms with Gasteiger partial charge >= 0.3 is 5.97 Å². The Morgan fingerprint density at radius 2 is 2.29 bits per heavy atom. The molecule has 0 aromatic rings. The van der Waals surface area contributed by atoms with Gasteiger partial charge in [0.1, 0.15) is 6.04 Å². The van der Waals surface area contributed by atoms with Gasteiger partial charge in [-0.2, -0.15) is 0 Å². The SMILES string of the molecule is C#CCNC(CC(C)(C)OC)C(=O)O. The van der Waals surface area contributed by atoms with Crippen LogP contribution in [0.3, 0.4) is 0 Å². The maximum atomic E-state index is 10.8. The number of methoxy groups -OCH3 is 1. The summed E-state index contributed by atoms with van der Waals surface area (Å²) in [5, 5.41) is 11.6.